The van der Waals surface area contributed by atoms with Gasteiger partial charge >= 0.3 is 6.18 Å². The van der Waals surface area contributed by atoms with Gasteiger partial charge in [0.1, 0.15) is 0 Å². The van der Waals surface area contributed by atoms with E-state index in [2.05, 4.69) is 16.8 Å². The van der Waals surface area contributed by atoms with Crippen molar-refractivity contribution in [1.29, 1.82) is 0 Å². The number of benzene rings is 1. The van der Waals surface area contributed by atoms with Gasteiger partial charge in [0.2, 0.25) is 0 Å². The van der Waals surface area contributed by atoms with E-state index in [1.807, 2.05) is 0 Å². The summed E-state index contributed by atoms with van der Waals surface area (Å²) in [6.45, 7) is 4.88. The molecule has 1 fully saturated rings. The highest BCUT2D eigenvalue weighted by molar-refractivity contribution is 5.25. The number of nitrogens with zero attached hydrogens (tertiary/aromatic N) is 2. The monoisotopic (exact) mass is 272 g/mol. The van der Waals surface area contributed by atoms with Gasteiger partial charge in [-0.05, 0) is 25.1 Å². The van der Waals surface area contributed by atoms with Crippen LogP contribution in [0.25, 0.3) is 0 Å². The normalized spacial score (nSPS) is 18.7. The van der Waals surface area contributed by atoms with E-state index in [4.69, 9.17) is 0 Å². The van der Waals surface area contributed by atoms with Crippen LogP contribution in [0, 0.1) is 0 Å². The zero-order valence-electron chi connectivity index (χ0n) is 11.1. The molecule has 1 aromatic carbocycles. The number of hydrogen-bond donors (Lipinski definition) is 0. The average Bonchev–Trinajstić information content (AvgIpc) is 2.37. The van der Waals surface area contributed by atoms with Crippen molar-refractivity contribution >= 4 is 0 Å². The van der Waals surface area contributed by atoms with E-state index in [1.165, 1.54) is 12.1 Å². The standard InChI is InChI=1S/C14H19F3N2/c1-18-7-9-19(10-8-18)6-5-12-3-2-4-13(11-12)14(15,16)17/h2-4,11H,5-10H2,1H3. The third kappa shape index (κ3) is 4.21. The molecule has 19 heavy (non-hydrogen) atoms. The van der Waals surface area contributed by atoms with Gasteiger partial charge in [0.25, 0.3) is 0 Å². The van der Waals surface area contributed by atoms with Crippen LogP contribution in [0.2, 0.25) is 0 Å². The summed E-state index contributed by atoms with van der Waals surface area (Å²) >= 11 is 0. The molecular weight excluding hydrogens is 253 g/mol. The van der Waals surface area contributed by atoms with Crippen LogP contribution < -0.4 is 0 Å². The molecule has 1 saturated heterocycles. The van der Waals surface area contributed by atoms with Gasteiger partial charge in [0, 0.05) is 32.7 Å². The minimum atomic E-state index is -4.25. The van der Waals surface area contributed by atoms with Crippen molar-refractivity contribution in [3.05, 3.63) is 35.4 Å². The molecule has 1 heterocycles. The van der Waals surface area contributed by atoms with Crippen molar-refractivity contribution in [2.75, 3.05) is 39.8 Å². The van der Waals surface area contributed by atoms with Gasteiger partial charge in [-0.3, -0.25) is 0 Å². The second kappa shape index (κ2) is 5.92. The summed E-state index contributed by atoms with van der Waals surface area (Å²) in [4.78, 5) is 4.57. The Labute approximate surface area is 111 Å². The maximum atomic E-state index is 12.6. The summed E-state index contributed by atoms with van der Waals surface area (Å²) in [5, 5.41) is 0. The first-order chi connectivity index (χ1) is 8.95. The molecule has 0 bridgehead atoms. The van der Waals surface area contributed by atoms with Crippen LogP contribution in [0.4, 0.5) is 13.2 Å². The minimum Gasteiger partial charge on any atom is -0.304 e. The summed E-state index contributed by atoms with van der Waals surface area (Å²) < 4.78 is 37.8. The smallest absolute Gasteiger partial charge is 0.304 e. The summed E-state index contributed by atoms with van der Waals surface area (Å²) in [5.41, 5.74) is 0.206. The number of hydrogen-bond acceptors (Lipinski definition) is 2. The molecule has 2 nitrogen and oxygen atoms in total. The van der Waals surface area contributed by atoms with Crippen molar-refractivity contribution < 1.29 is 13.2 Å². The minimum absolute atomic E-state index is 0.552. The highest BCUT2D eigenvalue weighted by Crippen LogP contribution is 2.29. The largest absolute Gasteiger partial charge is 0.416 e. The number of rotatable bonds is 3. The van der Waals surface area contributed by atoms with Crippen LogP contribution in [0.5, 0.6) is 0 Å². The first-order valence-corrected chi connectivity index (χ1v) is 6.52. The Morgan fingerprint density at radius 3 is 2.42 bits per heavy atom. The van der Waals surface area contributed by atoms with E-state index in [0.717, 1.165) is 44.4 Å². The van der Waals surface area contributed by atoms with Gasteiger partial charge in [-0.15, -0.1) is 0 Å². The molecule has 0 amide bonds. The third-order valence-corrected chi connectivity index (χ3v) is 3.57. The molecule has 5 heteroatoms. The van der Waals surface area contributed by atoms with Gasteiger partial charge < -0.3 is 9.80 Å². The van der Waals surface area contributed by atoms with E-state index in [1.54, 1.807) is 6.07 Å². The summed E-state index contributed by atoms with van der Waals surface area (Å²) in [7, 11) is 2.09. The van der Waals surface area contributed by atoms with Crippen molar-refractivity contribution in [3.8, 4) is 0 Å². The quantitative estimate of drug-likeness (QED) is 0.834. The third-order valence-electron chi connectivity index (χ3n) is 3.57. The lowest BCUT2D eigenvalue weighted by Gasteiger charge is -2.32. The average molecular weight is 272 g/mol. The zero-order valence-corrected chi connectivity index (χ0v) is 11.1. The van der Waals surface area contributed by atoms with E-state index in [9.17, 15) is 13.2 Å². The van der Waals surface area contributed by atoms with Crippen LogP contribution in [-0.4, -0.2) is 49.6 Å². The maximum absolute atomic E-state index is 12.6. The topological polar surface area (TPSA) is 6.48 Å². The van der Waals surface area contributed by atoms with Crippen LogP contribution in [0.1, 0.15) is 11.1 Å². The van der Waals surface area contributed by atoms with Crippen molar-refractivity contribution in [2.45, 2.75) is 12.6 Å². The lowest BCUT2D eigenvalue weighted by atomic mass is 10.1. The molecule has 0 radical (unpaired) electrons. The first-order valence-electron chi connectivity index (χ1n) is 6.52. The summed E-state index contributed by atoms with van der Waals surface area (Å²) in [6, 6.07) is 5.64. The van der Waals surface area contributed by atoms with Crippen molar-refractivity contribution in [3.63, 3.8) is 0 Å². The predicted octanol–water partition coefficient (Wildman–Crippen LogP) is 2.50. The molecule has 2 rings (SSSR count). The van der Waals surface area contributed by atoms with Gasteiger partial charge in [0.05, 0.1) is 5.56 Å². The first kappa shape index (κ1) is 14.3. The Balaban J connectivity index is 1.89. The van der Waals surface area contributed by atoms with Crippen LogP contribution in [0.15, 0.2) is 24.3 Å². The van der Waals surface area contributed by atoms with Gasteiger partial charge in [-0.25, -0.2) is 0 Å². The van der Waals surface area contributed by atoms with Crippen LogP contribution >= 0.6 is 0 Å². The van der Waals surface area contributed by atoms with Gasteiger partial charge in [-0.2, -0.15) is 13.2 Å². The molecule has 0 saturated carbocycles. The number of piperazine rings is 1. The summed E-state index contributed by atoms with van der Waals surface area (Å²) in [6.07, 6.45) is -3.57. The number of alkyl halides is 3. The van der Waals surface area contributed by atoms with Gasteiger partial charge in [-0.1, -0.05) is 18.2 Å². The molecule has 1 aromatic rings. The fourth-order valence-electron chi connectivity index (χ4n) is 2.26. The van der Waals surface area contributed by atoms with Crippen molar-refractivity contribution in [2.24, 2.45) is 0 Å². The number of halogens is 3. The highest BCUT2D eigenvalue weighted by atomic mass is 19.4. The fourth-order valence-corrected chi connectivity index (χ4v) is 2.26. The Morgan fingerprint density at radius 2 is 1.79 bits per heavy atom. The molecule has 1 aliphatic heterocycles. The molecule has 106 valence electrons. The van der Waals surface area contributed by atoms with E-state index < -0.39 is 11.7 Å². The van der Waals surface area contributed by atoms with E-state index in [0.29, 0.717) is 6.42 Å². The second-order valence-electron chi connectivity index (χ2n) is 5.09. The SMILES string of the molecule is CN1CCN(CCc2cccc(C(F)(F)F)c2)CC1. The predicted molar refractivity (Wildman–Crippen MR) is 69.1 cm³/mol. The molecule has 0 aliphatic carbocycles. The van der Waals surface area contributed by atoms with E-state index >= 15 is 0 Å². The second-order valence-corrected chi connectivity index (χ2v) is 5.09. The van der Waals surface area contributed by atoms with E-state index in [-0.39, 0.29) is 0 Å². The van der Waals surface area contributed by atoms with Crippen LogP contribution in [-0.2, 0) is 12.6 Å². The molecule has 0 aromatic heterocycles. The number of likely N-dealkylation sites (N-methyl/N-ethyl adjacent to an activating group) is 1. The van der Waals surface area contributed by atoms with Gasteiger partial charge in [0.15, 0.2) is 0 Å². The van der Waals surface area contributed by atoms with Crippen LogP contribution in [0.3, 0.4) is 0 Å². The lowest BCUT2D eigenvalue weighted by molar-refractivity contribution is -0.137. The fraction of sp³-hybridized carbons (Fsp3) is 0.571. The zero-order chi connectivity index (χ0) is 13.9. The molecule has 1 aliphatic rings. The molecule has 0 unspecified atom stereocenters. The Hall–Kier alpha value is -1.07. The Bertz CT molecular complexity index is 409. The molecule has 0 N–H and O–H groups in total. The Morgan fingerprint density at radius 1 is 1.11 bits per heavy atom. The maximum Gasteiger partial charge on any atom is 0.416 e. The highest BCUT2D eigenvalue weighted by Gasteiger charge is 2.30. The lowest BCUT2D eigenvalue weighted by Crippen LogP contribution is -2.45. The molecule has 0 spiro atoms. The Kier molecular flexibility index (Phi) is 4.47. The summed E-state index contributed by atoms with van der Waals surface area (Å²) in [5.74, 6) is 0. The molecule has 0 atom stereocenters. The molecular formula is C14H19F3N2. The van der Waals surface area contributed by atoms with Crippen molar-refractivity contribution in [1.82, 2.24) is 9.80 Å².